The van der Waals surface area contributed by atoms with E-state index in [1.807, 2.05) is 63.2 Å². The Hall–Kier alpha value is -2.62. The molecule has 0 saturated heterocycles. The number of hydrogen-bond donors (Lipinski definition) is 2. The van der Waals surface area contributed by atoms with Gasteiger partial charge in [0, 0.05) is 5.69 Å². The van der Waals surface area contributed by atoms with Gasteiger partial charge in [-0.25, -0.2) is 0 Å². The van der Waals surface area contributed by atoms with Gasteiger partial charge in [0.25, 0.3) is 0 Å². The molecule has 4 heteroatoms. The van der Waals surface area contributed by atoms with Crippen LogP contribution in [-0.4, -0.2) is 18.4 Å². The van der Waals surface area contributed by atoms with Crippen molar-refractivity contribution >= 4 is 17.5 Å². The van der Waals surface area contributed by atoms with Gasteiger partial charge in [0.2, 0.25) is 11.8 Å². The normalized spacial score (nSPS) is 10.2. The molecular formula is C19H22N2O2. The fraction of sp³-hybridized carbons (Fsp3) is 0.263. The number of rotatable bonds is 5. The Kier molecular flexibility index (Phi) is 5.52. The monoisotopic (exact) mass is 310 g/mol. The molecule has 2 aromatic carbocycles. The Labute approximate surface area is 136 Å². The number of hydrogen-bond acceptors (Lipinski definition) is 2. The Morgan fingerprint density at radius 2 is 1.52 bits per heavy atom. The first-order valence-corrected chi connectivity index (χ1v) is 7.64. The summed E-state index contributed by atoms with van der Waals surface area (Å²) in [5.41, 5.74) is 4.95. The number of anilines is 1. The average Bonchev–Trinajstić information content (AvgIpc) is 2.50. The maximum atomic E-state index is 12.0. The SMILES string of the molecule is Cc1cc(C)c(NC(=O)CNC(=O)Cc2ccccc2)c(C)c1. The highest BCUT2D eigenvalue weighted by atomic mass is 16.2. The predicted molar refractivity (Wildman–Crippen MR) is 92.4 cm³/mol. The van der Waals surface area contributed by atoms with Crippen LogP contribution in [-0.2, 0) is 16.0 Å². The van der Waals surface area contributed by atoms with Crippen molar-refractivity contribution in [1.29, 1.82) is 0 Å². The number of amides is 2. The molecule has 120 valence electrons. The molecule has 0 fully saturated rings. The molecule has 4 nitrogen and oxygen atoms in total. The summed E-state index contributed by atoms with van der Waals surface area (Å²) in [5, 5.41) is 5.52. The van der Waals surface area contributed by atoms with Crippen LogP contribution in [0.2, 0.25) is 0 Å². The van der Waals surface area contributed by atoms with E-state index in [4.69, 9.17) is 0 Å². The number of carbonyl (C=O) groups excluding carboxylic acids is 2. The molecule has 0 spiro atoms. The molecule has 0 saturated carbocycles. The topological polar surface area (TPSA) is 58.2 Å². The molecule has 0 heterocycles. The Bertz CT molecular complexity index is 686. The average molecular weight is 310 g/mol. The first-order valence-electron chi connectivity index (χ1n) is 7.64. The van der Waals surface area contributed by atoms with Crippen molar-refractivity contribution in [1.82, 2.24) is 5.32 Å². The standard InChI is InChI=1S/C19H22N2O2/c1-13-9-14(2)19(15(3)10-13)21-18(23)12-20-17(22)11-16-7-5-4-6-8-16/h4-10H,11-12H2,1-3H3,(H,20,22)(H,21,23). The van der Waals surface area contributed by atoms with E-state index in [0.717, 1.165) is 27.9 Å². The maximum Gasteiger partial charge on any atom is 0.243 e. The van der Waals surface area contributed by atoms with E-state index in [2.05, 4.69) is 10.6 Å². The lowest BCUT2D eigenvalue weighted by Gasteiger charge is -2.13. The van der Waals surface area contributed by atoms with Crippen LogP contribution in [0.3, 0.4) is 0 Å². The van der Waals surface area contributed by atoms with Gasteiger partial charge in [0.15, 0.2) is 0 Å². The van der Waals surface area contributed by atoms with Crippen molar-refractivity contribution in [2.45, 2.75) is 27.2 Å². The molecule has 2 aromatic rings. The van der Waals surface area contributed by atoms with E-state index in [0.29, 0.717) is 0 Å². The van der Waals surface area contributed by atoms with E-state index in [-0.39, 0.29) is 24.8 Å². The van der Waals surface area contributed by atoms with E-state index >= 15 is 0 Å². The first-order chi connectivity index (χ1) is 11.0. The zero-order chi connectivity index (χ0) is 16.8. The number of nitrogens with one attached hydrogen (secondary N) is 2. The molecule has 0 radical (unpaired) electrons. The third-order valence-corrected chi connectivity index (χ3v) is 3.60. The summed E-state index contributed by atoms with van der Waals surface area (Å²) in [6.07, 6.45) is 0.275. The van der Waals surface area contributed by atoms with Gasteiger partial charge < -0.3 is 10.6 Å². The highest BCUT2D eigenvalue weighted by molar-refractivity contribution is 5.96. The van der Waals surface area contributed by atoms with Crippen molar-refractivity contribution in [2.24, 2.45) is 0 Å². The fourth-order valence-electron chi connectivity index (χ4n) is 2.58. The lowest BCUT2D eigenvalue weighted by Crippen LogP contribution is -2.34. The van der Waals surface area contributed by atoms with Gasteiger partial charge in [0.1, 0.15) is 0 Å². The minimum atomic E-state index is -0.221. The highest BCUT2D eigenvalue weighted by Crippen LogP contribution is 2.21. The molecule has 0 aliphatic rings. The Morgan fingerprint density at radius 1 is 0.913 bits per heavy atom. The lowest BCUT2D eigenvalue weighted by atomic mass is 10.1. The second-order valence-corrected chi connectivity index (χ2v) is 5.76. The molecule has 2 rings (SSSR count). The van der Waals surface area contributed by atoms with Gasteiger partial charge in [-0.1, -0.05) is 48.0 Å². The van der Waals surface area contributed by atoms with Crippen LogP contribution in [0.15, 0.2) is 42.5 Å². The number of carbonyl (C=O) groups is 2. The van der Waals surface area contributed by atoms with E-state index in [1.54, 1.807) is 0 Å². The summed E-state index contributed by atoms with van der Waals surface area (Å²) < 4.78 is 0. The third kappa shape index (κ3) is 4.95. The first kappa shape index (κ1) is 16.7. The van der Waals surface area contributed by atoms with E-state index in [9.17, 15) is 9.59 Å². The van der Waals surface area contributed by atoms with Crippen LogP contribution in [0.25, 0.3) is 0 Å². The van der Waals surface area contributed by atoms with Crippen molar-refractivity contribution < 1.29 is 9.59 Å². The van der Waals surface area contributed by atoms with Crippen molar-refractivity contribution in [3.8, 4) is 0 Å². The molecule has 0 aliphatic heterocycles. The second-order valence-electron chi connectivity index (χ2n) is 5.76. The van der Waals surface area contributed by atoms with E-state index in [1.165, 1.54) is 0 Å². The molecule has 23 heavy (non-hydrogen) atoms. The van der Waals surface area contributed by atoms with Crippen LogP contribution >= 0.6 is 0 Å². The van der Waals surface area contributed by atoms with E-state index < -0.39 is 0 Å². The molecule has 0 bridgehead atoms. The lowest BCUT2D eigenvalue weighted by molar-refractivity contribution is -0.123. The van der Waals surface area contributed by atoms with Gasteiger partial charge >= 0.3 is 0 Å². The minimum absolute atomic E-state index is 0.0293. The van der Waals surface area contributed by atoms with Crippen molar-refractivity contribution in [3.63, 3.8) is 0 Å². The molecule has 0 aliphatic carbocycles. The largest absolute Gasteiger partial charge is 0.347 e. The van der Waals surface area contributed by atoms with Gasteiger partial charge in [-0.3, -0.25) is 9.59 Å². The predicted octanol–water partition coefficient (Wildman–Crippen LogP) is 2.91. The smallest absolute Gasteiger partial charge is 0.243 e. The summed E-state index contributed by atoms with van der Waals surface area (Å²) in [6, 6.07) is 13.5. The number of aryl methyl sites for hydroxylation is 3. The van der Waals surface area contributed by atoms with Crippen LogP contribution in [0.4, 0.5) is 5.69 Å². The van der Waals surface area contributed by atoms with Crippen LogP contribution in [0, 0.1) is 20.8 Å². The van der Waals surface area contributed by atoms with Gasteiger partial charge in [0.05, 0.1) is 13.0 Å². The van der Waals surface area contributed by atoms with Crippen molar-refractivity contribution in [2.75, 3.05) is 11.9 Å². The minimum Gasteiger partial charge on any atom is -0.347 e. The van der Waals surface area contributed by atoms with Gasteiger partial charge in [-0.2, -0.15) is 0 Å². The third-order valence-electron chi connectivity index (χ3n) is 3.60. The quantitative estimate of drug-likeness (QED) is 0.892. The van der Waals surface area contributed by atoms with Gasteiger partial charge in [-0.05, 0) is 37.5 Å². The Balaban J connectivity index is 1.87. The molecular weight excluding hydrogens is 288 g/mol. The zero-order valence-electron chi connectivity index (χ0n) is 13.8. The summed E-state index contributed by atoms with van der Waals surface area (Å²) in [4.78, 5) is 23.9. The molecule has 0 unspecified atom stereocenters. The van der Waals surface area contributed by atoms with Crippen LogP contribution < -0.4 is 10.6 Å². The molecule has 2 amide bonds. The summed E-state index contributed by atoms with van der Waals surface area (Å²) >= 11 is 0. The molecule has 0 aromatic heterocycles. The van der Waals surface area contributed by atoms with Gasteiger partial charge in [-0.15, -0.1) is 0 Å². The summed E-state index contributed by atoms with van der Waals surface area (Å²) in [5.74, 6) is -0.384. The molecule has 2 N–H and O–H groups in total. The zero-order valence-corrected chi connectivity index (χ0v) is 13.8. The number of benzene rings is 2. The van der Waals surface area contributed by atoms with Crippen molar-refractivity contribution in [3.05, 3.63) is 64.7 Å². The van der Waals surface area contributed by atoms with Crippen LogP contribution in [0.5, 0.6) is 0 Å². The summed E-state index contributed by atoms with van der Waals surface area (Å²) in [6.45, 7) is 5.92. The highest BCUT2D eigenvalue weighted by Gasteiger charge is 2.10. The fourth-order valence-corrected chi connectivity index (χ4v) is 2.58. The Morgan fingerprint density at radius 3 is 2.13 bits per heavy atom. The summed E-state index contributed by atoms with van der Waals surface area (Å²) in [7, 11) is 0. The van der Waals surface area contributed by atoms with Crippen LogP contribution in [0.1, 0.15) is 22.3 Å². The maximum absolute atomic E-state index is 12.0. The molecule has 0 atom stereocenters. The second kappa shape index (κ2) is 7.58.